The van der Waals surface area contributed by atoms with Gasteiger partial charge in [-0.15, -0.1) is 0 Å². The van der Waals surface area contributed by atoms with E-state index >= 15 is 0 Å². The van der Waals surface area contributed by atoms with Gasteiger partial charge in [0.1, 0.15) is 28.8 Å². The molecule has 2 N–H and O–H groups in total. The zero-order valence-electron chi connectivity index (χ0n) is 70.5. The normalized spacial score (nSPS) is 16.5. The third-order valence-corrected chi connectivity index (χ3v) is 26.3. The number of aromatic nitrogens is 6. The van der Waals surface area contributed by atoms with Gasteiger partial charge in [-0.3, -0.25) is 0 Å². The molecule has 49 heteroatoms. The Morgan fingerprint density at radius 3 is 0.800 bits per heavy atom. The van der Waals surface area contributed by atoms with Crippen LogP contribution in [0.15, 0.2) is 56.2 Å². The zero-order valence-corrected chi connectivity index (χ0v) is 89.0. The van der Waals surface area contributed by atoms with Crippen LogP contribution in [0.4, 0.5) is 52.7 Å². The van der Waals surface area contributed by atoms with E-state index < -0.39 is 62.1 Å². The maximum atomic E-state index is 11.4. The summed E-state index contributed by atoms with van der Waals surface area (Å²) in [5, 5.41) is 19.3. The summed E-state index contributed by atoms with van der Waals surface area (Å²) >= 11 is 16.3. The average molecular weight is 2440 g/mol. The number of imidazole rings is 3. The Hall–Kier alpha value is 0.980. The first-order valence-corrected chi connectivity index (χ1v) is 55.0. The van der Waals surface area contributed by atoms with Crippen molar-refractivity contribution in [1.29, 1.82) is 0 Å². The number of aliphatic hydroxyl groups is 2. The molecule has 0 aromatic carbocycles. The first kappa shape index (κ1) is 132. The lowest BCUT2D eigenvalue weighted by molar-refractivity contribution is -0.897. The highest BCUT2D eigenvalue weighted by molar-refractivity contribution is 9.93. The van der Waals surface area contributed by atoms with Gasteiger partial charge in [-0.2, -0.15) is 52.7 Å². The monoisotopic (exact) mass is 2430 g/mol. The molecule has 8 rings (SSSR count). The molecule has 0 spiro atoms. The van der Waals surface area contributed by atoms with Crippen molar-refractivity contribution in [3.05, 3.63) is 64.4 Å². The number of quaternary nitrogens is 4. The molecule has 3 aromatic heterocycles. The number of halogens is 21. The minimum atomic E-state index is -6.72. The Morgan fingerprint density at radius 2 is 0.633 bits per heavy atom. The lowest BCUT2D eigenvalue weighted by Crippen LogP contribution is -3.00. The standard InChI is InChI=1S/2C15H29N3.C11H23BrN.C11H24NO.C6H13BrO.C5H11N.C4H6N2.2C2F6NO4S2.Br3P.4BrH/c2*1-16-10-11-17(15-16)9-5-3-4-6-12-18(2)13-7-8-14-18;1-13(10-6-7-11-13)9-5-3-2-4-8-12;1-12(9-5-6-10-12)8-4-2-3-7-11-13;7-5-3-1-2-4-6-8;1-6-4-2-3-5-6;1-6-3-2-5-4-6;2*3-1(4,5)14(10,11)9-15(12,13)2(6,7)8;1-4(2)3;;;;/h2*10-11,15H,3-9,12-14H2,1-2H3;2-11H2,1H3;13H,2-11H2,1H3;8H,1-6H2;2-5H2,1H3;2-4H,1H3;;;;4*1H/q2*+2;2*+1;;;;2*-1;;;;;/p-4. The van der Waals surface area contributed by atoms with Gasteiger partial charge in [0.15, 0.2) is 40.1 Å². The van der Waals surface area contributed by atoms with Gasteiger partial charge >= 0.3 is 22.0 Å². The van der Waals surface area contributed by atoms with Gasteiger partial charge in [-0.25, -0.2) is 56.9 Å². The van der Waals surface area contributed by atoms with Crippen LogP contribution < -0.4 is 77.1 Å². The number of likely N-dealkylation sites (tertiary alicyclic amines) is 5. The molecular weight excluding hydrogens is 2300 g/mol. The SMILES string of the molecule is BrP(Br)Br.CN1CCCC1.C[N+]1(CCCCCCBr)CCCC1.C[N+]1(CCCCCCO)CCCC1.C[n+]1ccn(CCCCCC[N+]2(C)CCCC2)c1.C[n+]1ccn(CCCCCC[N+]2(C)CCCC2)c1.Cn1ccnc1.O=S(=O)([N-]S(=O)(=O)C(F)(F)F)C(F)(F)F.O=S(=O)([N-]S(=O)(=O)C(F)(F)F)C(F)(F)F.OCCCCCCBr.[Br-].[Br-].[Br-].[Br-]. The number of unbranched alkanes of at least 4 members (excludes halogenated alkanes) is 15. The third-order valence-electron chi connectivity index (χ3n) is 19.7. The molecule has 5 fully saturated rings. The number of sulfonamides is 4. The van der Waals surface area contributed by atoms with Gasteiger partial charge in [-0.05, 0) is 182 Å². The molecule has 120 heavy (non-hydrogen) atoms. The lowest BCUT2D eigenvalue weighted by Gasteiger charge is -2.29. The summed E-state index contributed by atoms with van der Waals surface area (Å²) in [5.74, 6) is 0. The maximum Gasteiger partial charge on any atom is 0.480 e. The zero-order chi connectivity index (χ0) is 88.9. The number of aryl methyl sites for hydroxylation is 5. The Kier molecular flexibility index (Phi) is 76.6. The van der Waals surface area contributed by atoms with E-state index in [4.69, 9.17) is 10.2 Å². The molecule has 0 atom stereocenters. The molecule has 3 aromatic rings. The van der Waals surface area contributed by atoms with Crippen LogP contribution in [0.2, 0.25) is 0 Å². The van der Waals surface area contributed by atoms with Gasteiger partial charge in [0.25, 0.3) is 0 Å². The minimum Gasteiger partial charge on any atom is -1.00 e. The minimum absolute atomic E-state index is 0. The highest BCUT2D eigenvalue weighted by atomic mass is 80.0. The molecule has 720 valence electrons. The highest BCUT2D eigenvalue weighted by Crippen LogP contribution is 2.59. The van der Waals surface area contributed by atoms with Crippen molar-refractivity contribution in [2.45, 2.75) is 228 Å². The number of hydrogen-bond donors (Lipinski definition) is 2. The van der Waals surface area contributed by atoms with Crippen LogP contribution in [0, 0.1) is 0 Å². The number of alkyl halides is 14. The Labute approximate surface area is 794 Å². The lowest BCUT2D eigenvalue weighted by atomic mass is 10.2. The quantitative estimate of drug-likeness (QED) is 0.0178. The van der Waals surface area contributed by atoms with Crippen LogP contribution in [0.3, 0.4) is 0 Å². The Bertz CT molecular complexity index is 3150. The van der Waals surface area contributed by atoms with Crippen LogP contribution in [-0.2, 0) is 74.3 Å². The summed E-state index contributed by atoms with van der Waals surface area (Å²) in [6, 6.07) is 0. The molecule has 0 radical (unpaired) electrons. The van der Waals surface area contributed by atoms with E-state index in [0.29, 0.717) is 13.2 Å². The second kappa shape index (κ2) is 69.8. The summed E-state index contributed by atoms with van der Waals surface area (Å²) in [6.45, 7) is 22.6. The Balaban J connectivity index is -0.000000307. The van der Waals surface area contributed by atoms with Crippen LogP contribution in [0.5, 0.6) is 0 Å². The van der Waals surface area contributed by atoms with Crippen molar-refractivity contribution in [3.8, 4) is 0 Å². The topological polar surface area (TPSA) is 244 Å². The smallest absolute Gasteiger partial charge is 0.480 e. The number of hydrogen-bond acceptors (Lipinski definition) is 12. The Morgan fingerprint density at radius 1 is 0.400 bits per heavy atom. The van der Waals surface area contributed by atoms with Crippen molar-refractivity contribution < 1.29 is 192 Å². The molecule has 0 bridgehead atoms. The fraction of sp³-hybridized carbons (Fsp3) is 0.873. The van der Waals surface area contributed by atoms with E-state index in [1.165, 1.54) is 308 Å². The third kappa shape index (κ3) is 66.4. The summed E-state index contributed by atoms with van der Waals surface area (Å²) in [5.41, 5.74) is -24.8. The fourth-order valence-corrected chi connectivity index (χ4v) is 17.1. The van der Waals surface area contributed by atoms with E-state index in [-0.39, 0.29) is 72.0 Å². The van der Waals surface area contributed by atoms with Gasteiger partial charge in [-0.1, -0.05) is 57.5 Å². The molecule has 0 unspecified atom stereocenters. The first-order chi connectivity index (χ1) is 53.7. The second-order valence-corrected chi connectivity index (χ2v) is 54.5. The predicted octanol–water partition coefficient (Wildman–Crippen LogP) is 5.79. The van der Waals surface area contributed by atoms with Crippen molar-refractivity contribution in [1.82, 2.24) is 23.6 Å². The van der Waals surface area contributed by atoms with E-state index in [2.05, 4.69) is 193 Å². The molecule has 0 aliphatic carbocycles. The highest BCUT2D eigenvalue weighted by Gasteiger charge is 2.48. The molecule has 0 saturated carbocycles. The summed E-state index contributed by atoms with van der Waals surface area (Å²) < 4.78 is 234. The fourth-order valence-electron chi connectivity index (χ4n) is 12.9. The number of aliphatic hydroxyl groups excluding tert-OH is 2. The molecular formula is C71H135Br9F12N13O10PS4. The molecule has 5 aliphatic rings. The van der Waals surface area contributed by atoms with Crippen LogP contribution >= 0.6 is 82.4 Å². The van der Waals surface area contributed by atoms with Gasteiger partial charge < -0.3 is 114 Å². The summed E-state index contributed by atoms with van der Waals surface area (Å²) in [4.78, 5) is 6.15. The predicted molar refractivity (Wildman–Crippen MR) is 456 cm³/mol. The maximum absolute atomic E-state index is 11.4. The van der Waals surface area contributed by atoms with Crippen molar-refractivity contribution in [2.24, 2.45) is 21.1 Å². The second-order valence-electron chi connectivity index (χ2n) is 30.8. The van der Waals surface area contributed by atoms with Crippen molar-refractivity contribution in [2.75, 3.05) is 151 Å². The number of rotatable bonds is 35. The molecule has 8 heterocycles. The molecule has 0 amide bonds. The molecule has 23 nitrogen and oxygen atoms in total. The van der Waals surface area contributed by atoms with Crippen molar-refractivity contribution >= 4 is 122 Å². The van der Waals surface area contributed by atoms with Crippen LogP contribution in [-0.4, -0.2) is 258 Å². The van der Waals surface area contributed by atoms with Crippen LogP contribution in [0.25, 0.3) is 8.25 Å². The van der Waals surface area contributed by atoms with Crippen LogP contribution in [0.1, 0.15) is 193 Å². The summed E-state index contributed by atoms with van der Waals surface area (Å²) in [6.07, 6.45) is 58.7. The first-order valence-electron chi connectivity index (χ1n) is 39.6. The van der Waals surface area contributed by atoms with E-state index in [0.717, 1.165) is 26.4 Å². The number of nitrogens with zero attached hydrogens (tertiary/aromatic N) is 13. The average Bonchev–Trinajstić information content (AvgIpc) is 0.978. The largest absolute Gasteiger partial charge is 1.00 e. The van der Waals surface area contributed by atoms with Crippen molar-refractivity contribution in [3.63, 3.8) is 0 Å². The van der Waals surface area contributed by atoms with Gasteiger partial charge in [0, 0.05) is 94.7 Å². The van der Waals surface area contributed by atoms with E-state index in [1.807, 2.05) is 17.8 Å². The van der Waals surface area contributed by atoms with Gasteiger partial charge in [0.05, 0.1) is 140 Å². The van der Waals surface area contributed by atoms with E-state index in [1.54, 1.807) is 12.5 Å². The molecule has 5 saturated heterocycles. The van der Waals surface area contributed by atoms with Gasteiger partial charge in [0.2, 0.25) is 12.7 Å². The van der Waals surface area contributed by atoms with E-state index in [9.17, 15) is 86.4 Å². The summed E-state index contributed by atoms with van der Waals surface area (Å²) in [7, 11) is -8.92. The molecule has 5 aliphatic heterocycles.